The molecule has 0 unspecified atom stereocenters. The van der Waals surface area contributed by atoms with Crippen LogP contribution in [0.2, 0.25) is 0 Å². The van der Waals surface area contributed by atoms with Crippen LogP contribution in [0.5, 0.6) is 0 Å². The van der Waals surface area contributed by atoms with Crippen molar-refractivity contribution in [3.63, 3.8) is 0 Å². The second-order valence-corrected chi connectivity index (χ2v) is 6.04. The molecule has 0 aromatic carbocycles. The van der Waals surface area contributed by atoms with Crippen LogP contribution >= 0.6 is 0 Å². The second-order valence-electron chi connectivity index (χ2n) is 6.04. The van der Waals surface area contributed by atoms with Gasteiger partial charge in [-0.15, -0.1) is 0 Å². The summed E-state index contributed by atoms with van der Waals surface area (Å²) < 4.78 is 1.94. The summed E-state index contributed by atoms with van der Waals surface area (Å²) in [6.07, 6.45) is 1.86. The first-order valence-electron chi connectivity index (χ1n) is 7.87. The molecule has 2 aromatic heterocycles. The minimum absolute atomic E-state index is 0.0340. The fourth-order valence-electron chi connectivity index (χ4n) is 3.04. The highest BCUT2D eigenvalue weighted by atomic mass is 16.1. The van der Waals surface area contributed by atoms with Gasteiger partial charge in [0.05, 0.1) is 5.69 Å². The molecule has 22 heavy (non-hydrogen) atoms. The molecule has 3 heterocycles. The minimum Gasteiger partial charge on any atom is -0.354 e. The summed E-state index contributed by atoms with van der Waals surface area (Å²) in [5.74, 6) is 1.11. The predicted octanol–water partition coefficient (Wildman–Crippen LogP) is 1.62. The molecule has 1 atom stereocenters. The van der Waals surface area contributed by atoms with Gasteiger partial charge in [-0.25, -0.2) is 4.98 Å². The van der Waals surface area contributed by atoms with Crippen LogP contribution in [0.25, 0.3) is 5.65 Å². The van der Waals surface area contributed by atoms with Crippen molar-refractivity contribution >= 4 is 17.4 Å². The largest absolute Gasteiger partial charge is 0.354 e. The molecular weight excluding hydrogens is 278 g/mol. The van der Waals surface area contributed by atoms with Crippen molar-refractivity contribution in [2.75, 3.05) is 18.0 Å². The molecule has 0 aliphatic carbocycles. The predicted molar refractivity (Wildman–Crippen MR) is 86.3 cm³/mol. The Morgan fingerprint density at radius 1 is 1.45 bits per heavy atom. The number of fused-ring (bicyclic) bond motifs is 1. The average molecular weight is 301 g/mol. The zero-order valence-corrected chi connectivity index (χ0v) is 13.7. The van der Waals surface area contributed by atoms with E-state index in [-0.39, 0.29) is 11.9 Å². The van der Waals surface area contributed by atoms with Gasteiger partial charge in [-0.2, -0.15) is 9.61 Å². The van der Waals surface area contributed by atoms with Gasteiger partial charge in [0.2, 0.25) is 5.91 Å². The Hall–Kier alpha value is -2.11. The Morgan fingerprint density at radius 3 is 2.91 bits per heavy atom. The number of nitrogens with one attached hydrogen (secondary N) is 1. The van der Waals surface area contributed by atoms with Gasteiger partial charge in [0.1, 0.15) is 5.82 Å². The topological polar surface area (TPSA) is 62.5 Å². The van der Waals surface area contributed by atoms with E-state index in [1.807, 2.05) is 11.4 Å². The Bertz CT molecular complexity index is 721. The lowest BCUT2D eigenvalue weighted by atomic mass is 10.2. The van der Waals surface area contributed by atoms with Gasteiger partial charge in [-0.3, -0.25) is 4.79 Å². The van der Waals surface area contributed by atoms with Crippen LogP contribution in [0, 0.1) is 13.8 Å². The lowest BCUT2D eigenvalue weighted by molar-refractivity contribution is -0.119. The van der Waals surface area contributed by atoms with Crippen molar-refractivity contribution in [3.05, 3.63) is 23.0 Å². The van der Waals surface area contributed by atoms with E-state index in [0.717, 1.165) is 54.3 Å². The summed E-state index contributed by atoms with van der Waals surface area (Å²) in [6.45, 7) is 9.51. The highest BCUT2D eigenvalue weighted by Crippen LogP contribution is 2.24. The molecule has 0 bridgehead atoms. The van der Waals surface area contributed by atoms with Crippen molar-refractivity contribution < 1.29 is 4.79 Å². The molecule has 1 aliphatic heterocycles. The maximum absolute atomic E-state index is 11.2. The maximum Gasteiger partial charge on any atom is 0.217 e. The Kier molecular flexibility index (Phi) is 3.76. The molecule has 1 amide bonds. The van der Waals surface area contributed by atoms with Crippen molar-refractivity contribution in [2.45, 2.75) is 46.6 Å². The van der Waals surface area contributed by atoms with Gasteiger partial charge in [-0.1, -0.05) is 6.92 Å². The smallest absolute Gasteiger partial charge is 0.217 e. The third-order valence-corrected chi connectivity index (χ3v) is 4.37. The molecule has 6 heteroatoms. The summed E-state index contributed by atoms with van der Waals surface area (Å²) in [7, 11) is 0. The minimum atomic E-state index is 0.0340. The molecule has 1 aliphatic rings. The van der Waals surface area contributed by atoms with Crippen LogP contribution in [0.3, 0.4) is 0 Å². The van der Waals surface area contributed by atoms with E-state index in [1.165, 1.54) is 0 Å². The van der Waals surface area contributed by atoms with Gasteiger partial charge < -0.3 is 10.2 Å². The third kappa shape index (κ3) is 2.53. The van der Waals surface area contributed by atoms with Crippen molar-refractivity contribution in [2.24, 2.45) is 0 Å². The van der Waals surface area contributed by atoms with E-state index in [9.17, 15) is 4.79 Å². The van der Waals surface area contributed by atoms with Crippen LogP contribution in [-0.4, -0.2) is 39.6 Å². The quantitative estimate of drug-likeness (QED) is 0.936. The number of amides is 1. The van der Waals surface area contributed by atoms with E-state index in [0.29, 0.717) is 0 Å². The number of rotatable bonds is 3. The van der Waals surface area contributed by atoms with Gasteiger partial charge in [0.25, 0.3) is 0 Å². The lowest BCUT2D eigenvalue weighted by Crippen LogP contribution is -2.36. The van der Waals surface area contributed by atoms with Crippen molar-refractivity contribution in [1.82, 2.24) is 19.9 Å². The van der Waals surface area contributed by atoms with E-state index in [1.54, 1.807) is 6.92 Å². The van der Waals surface area contributed by atoms with Gasteiger partial charge >= 0.3 is 0 Å². The number of aryl methyl sites for hydroxylation is 3. The van der Waals surface area contributed by atoms with Crippen LogP contribution in [0.1, 0.15) is 37.2 Å². The summed E-state index contributed by atoms with van der Waals surface area (Å²) in [5.41, 5.74) is 4.16. The van der Waals surface area contributed by atoms with E-state index >= 15 is 0 Å². The number of aromatic nitrogens is 3. The van der Waals surface area contributed by atoms with Crippen molar-refractivity contribution in [1.29, 1.82) is 0 Å². The number of anilines is 1. The molecule has 2 aromatic rings. The molecule has 0 saturated carbocycles. The highest BCUT2D eigenvalue weighted by molar-refractivity contribution is 5.73. The molecule has 0 spiro atoms. The fourth-order valence-corrected chi connectivity index (χ4v) is 3.04. The summed E-state index contributed by atoms with van der Waals surface area (Å²) in [6, 6.07) is 2.33. The molecule has 1 fully saturated rings. The Labute approximate surface area is 130 Å². The fraction of sp³-hybridized carbons (Fsp3) is 0.562. The van der Waals surface area contributed by atoms with E-state index < -0.39 is 0 Å². The average Bonchev–Trinajstić information content (AvgIpc) is 3.04. The zero-order chi connectivity index (χ0) is 15.9. The van der Waals surface area contributed by atoms with Gasteiger partial charge in [0, 0.05) is 43.4 Å². The van der Waals surface area contributed by atoms with Crippen molar-refractivity contribution in [3.8, 4) is 0 Å². The molecular formula is C16H23N5O. The van der Waals surface area contributed by atoms with Crippen LogP contribution in [0.15, 0.2) is 6.07 Å². The summed E-state index contributed by atoms with van der Waals surface area (Å²) >= 11 is 0. The molecule has 6 nitrogen and oxygen atoms in total. The maximum atomic E-state index is 11.2. The number of carbonyl (C=O) groups is 1. The number of carbonyl (C=O) groups excluding carboxylic acids is 1. The summed E-state index contributed by atoms with van der Waals surface area (Å²) in [5, 5.41) is 7.65. The van der Waals surface area contributed by atoms with Gasteiger partial charge in [-0.05, 0) is 26.7 Å². The zero-order valence-electron chi connectivity index (χ0n) is 13.7. The molecule has 1 N–H and O–H groups in total. The molecule has 118 valence electrons. The van der Waals surface area contributed by atoms with Crippen LogP contribution in [-0.2, 0) is 11.2 Å². The lowest BCUT2D eigenvalue weighted by Gasteiger charge is -2.20. The normalized spacial score (nSPS) is 18.2. The SMILES string of the molecule is CCc1cc(N2CC[C@H](NC(C)=O)C2)n2nc(C)c(C)c2n1. The first kappa shape index (κ1) is 14.8. The Morgan fingerprint density at radius 2 is 2.23 bits per heavy atom. The van der Waals surface area contributed by atoms with E-state index in [4.69, 9.17) is 4.98 Å². The molecule has 1 saturated heterocycles. The first-order valence-corrected chi connectivity index (χ1v) is 7.87. The monoisotopic (exact) mass is 301 g/mol. The van der Waals surface area contributed by atoms with Gasteiger partial charge in [0.15, 0.2) is 5.65 Å². The Balaban J connectivity index is 1.99. The van der Waals surface area contributed by atoms with Crippen LogP contribution < -0.4 is 10.2 Å². The number of nitrogens with zero attached hydrogens (tertiary/aromatic N) is 4. The molecule has 0 radical (unpaired) electrons. The van der Waals surface area contributed by atoms with E-state index in [2.05, 4.69) is 35.2 Å². The summed E-state index contributed by atoms with van der Waals surface area (Å²) in [4.78, 5) is 18.3. The highest BCUT2D eigenvalue weighted by Gasteiger charge is 2.26. The number of hydrogen-bond acceptors (Lipinski definition) is 4. The third-order valence-electron chi connectivity index (χ3n) is 4.37. The number of hydrogen-bond donors (Lipinski definition) is 1. The first-order chi connectivity index (χ1) is 10.5. The standard InChI is InChI=1S/C16H23N5O/c1-5-13-8-15(20-7-6-14(9-20)17-12(4)22)21-16(18-13)10(2)11(3)19-21/h8,14H,5-7,9H2,1-4H3,(H,17,22)/t14-/m0/s1. The molecule has 3 rings (SSSR count). The second kappa shape index (κ2) is 5.59. The van der Waals surface area contributed by atoms with Crippen LogP contribution in [0.4, 0.5) is 5.82 Å².